The van der Waals surface area contributed by atoms with E-state index in [2.05, 4.69) is 37.6 Å². The Kier molecular flexibility index (Phi) is 7.69. The number of hydrogen-bond donors (Lipinski definition) is 1. The molecule has 1 amide bonds. The molecular formula is C22H26ClN7O2S. The number of methoxy groups -OCH3 is 1. The minimum Gasteiger partial charge on any atom is -0.494 e. The first-order chi connectivity index (χ1) is 16.1. The molecule has 174 valence electrons. The van der Waals surface area contributed by atoms with Crippen LogP contribution in [0.25, 0.3) is 5.69 Å². The van der Waals surface area contributed by atoms with Crippen molar-refractivity contribution in [3.05, 3.63) is 47.5 Å². The van der Waals surface area contributed by atoms with Crippen molar-refractivity contribution < 1.29 is 9.53 Å². The zero-order valence-corrected chi connectivity index (χ0v) is 20.1. The van der Waals surface area contributed by atoms with E-state index >= 15 is 0 Å². The lowest BCUT2D eigenvalue weighted by Crippen LogP contribution is -2.46. The van der Waals surface area contributed by atoms with E-state index in [4.69, 9.17) is 16.3 Å². The quantitative estimate of drug-likeness (QED) is 0.484. The second-order valence-electron chi connectivity index (χ2n) is 7.46. The van der Waals surface area contributed by atoms with E-state index in [1.54, 1.807) is 17.9 Å². The molecule has 0 spiro atoms. The minimum atomic E-state index is -0.162. The SMILES string of the molecule is CCN1CCN(c2ccc(Cl)cc2NC(=O)CSc2nnnn2-c2ccccc2OC)CC1. The predicted octanol–water partition coefficient (Wildman–Crippen LogP) is 3.20. The van der Waals surface area contributed by atoms with Crippen LogP contribution in [0.1, 0.15) is 6.92 Å². The molecule has 2 heterocycles. The van der Waals surface area contributed by atoms with Gasteiger partial charge in [0.15, 0.2) is 0 Å². The lowest BCUT2D eigenvalue weighted by Gasteiger charge is -2.36. The molecule has 3 aromatic rings. The average Bonchev–Trinajstić information content (AvgIpc) is 3.31. The molecule has 0 atom stereocenters. The number of aromatic nitrogens is 4. The molecule has 9 nitrogen and oxygen atoms in total. The molecule has 2 aromatic carbocycles. The molecule has 33 heavy (non-hydrogen) atoms. The third-order valence-electron chi connectivity index (χ3n) is 5.48. The summed E-state index contributed by atoms with van der Waals surface area (Å²) in [6, 6.07) is 13.1. The van der Waals surface area contributed by atoms with Crippen LogP contribution in [0, 0.1) is 0 Å². The Bertz CT molecular complexity index is 1100. The summed E-state index contributed by atoms with van der Waals surface area (Å²) in [7, 11) is 1.59. The number of anilines is 2. The molecule has 0 aliphatic carbocycles. The molecule has 1 aliphatic rings. The van der Waals surface area contributed by atoms with Crippen LogP contribution in [0.4, 0.5) is 11.4 Å². The number of rotatable bonds is 8. The molecular weight excluding hydrogens is 462 g/mol. The van der Waals surface area contributed by atoms with Crippen molar-refractivity contribution in [2.24, 2.45) is 0 Å². The zero-order chi connectivity index (χ0) is 23.2. The fourth-order valence-corrected chi connectivity index (χ4v) is 4.59. The van der Waals surface area contributed by atoms with E-state index in [1.165, 1.54) is 11.8 Å². The molecule has 0 saturated carbocycles. The predicted molar refractivity (Wildman–Crippen MR) is 131 cm³/mol. The molecule has 11 heteroatoms. The maximum Gasteiger partial charge on any atom is 0.234 e. The fraction of sp³-hybridized carbons (Fsp3) is 0.364. The minimum absolute atomic E-state index is 0.144. The van der Waals surface area contributed by atoms with E-state index in [1.807, 2.05) is 36.4 Å². The molecule has 0 unspecified atom stereocenters. The van der Waals surface area contributed by atoms with Crippen LogP contribution < -0.4 is 15.0 Å². The van der Waals surface area contributed by atoms with Crippen LogP contribution in [-0.4, -0.2) is 76.6 Å². The first kappa shape index (κ1) is 23.3. The van der Waals surface area contributed by atoms with Crippen LogP contribution >= 0.6 is 23.4 Å². The molecule has 0 radical (unpaired) electrons. The number of nitrogens with one attached hydrogen (secondary N) is 1. The van der Waals surface area contributed by atoms with Crippen LogP contribution in [0.3, 0.4) is 0 Å². The van der Waals surface area contributed by atoms with Gasteiger partial charge < -0.3 is 19.9 Å². The van der Waals surface area contributed by atoms with Gasteiger partial charge in [-0.05, 0) is 47.3 Å². The molecule has 1 aliphatic heterocycles. The first-order valence-corrected chi connectivity index (χ1v) is 12.1. The average molecular weight is 488 g/mol. The highest BCUT2D eigenvalue weighted by Crippen LogP contribution is 2.31. The summed E-state index contributed by atoms with van der Waals surface area (Å²) in [5.74, 6) is 0.624. The van der Waals surface area contributed by atoms with E-state index in [9.17, 15) is 4.79 Å². The van der Waals surface area contributed by atoms with Gasteiger partial charge in [0.05, 0.1) is 24.2 Å². The third kappa shape index (κ3) is 5.58. The summed E-state index contributed by atoms with van der Waals surface area (Å²) in [4.78, 5) is 17.5. The smallest absolute Gasteiger partial charge is 0.234 e. The van der Waals surface area contributed by atoms with E-state index in [-0.39, 0.29) is 11.7 Å². The van der Waals surface area contributed by atoms with Gasteiger partial charge >= 0.3 is 0 Å². The first-order valence-electron chi connectivity index (χ1n) is 10.7. The Morgan fingerprint density at radius 3 is 2.70 bits per heavy atom. The Morgan fingerprint density at radius 2 is 1.94 bits per heavy atom. The van der Waals surface area contributed by atoms with Crippen LogP contribution in [0.15, 0.2) is 47.6 Å². The Hall–Kier alpha value is -2.82. The molecule has 1 fully saturated rings. The van der Waals surface area contributed by atoms with Gasteiger partial charge in [0.1, 0.15) is 11.4 Å². The lowest BCUT2D eigenvalue weighted by molar-refractivity contribution is -0.113. The highest BCUT2D eigenvalue weighted by atomic mass is 35.5. The fourth-order valence-electron chi connectivity index (χ4n) is 3.73. The number of ether oxygens (including phenoxy) is 1. The van der Waals surface area contributed by atoms with Crippen molar-refractivity contribution in [1.82, 2.24) is 25.1 Å². The largest absolute Gasteiger partial charge is 0.494 e. The lowest BCUT2D eigenvalue weighted by atomic mass is 10.2. The summed E-state index contributed by atoms with van der Waals surface area (Å²) >= 11 is 7.49. The van der Waals surface area contributed by atoms with Crippen molar-refractivity contribution in [1.29, 1.82) is 0 Å². The second-order valence-corrected chi connectivity index (χ2v) is 8.84. The third-order valence-corrected chi connectivity index (χ3v) is 6.63. The van der Waals surface area contributed by atoms with Gasteiger partial charge in [-0.1, -0.05) is 42.4 Å². The Morgan fingerprint density at radius 1 is 1.15 bits per heavy atom. The van der Waals surface area contributed by atoms with Gasteiger partial charge in [-0.3, -0.25) is 4.79 Å². The zero-order valence-electron chi connectivity index (χ0n) is 18.6. The number of thioether (sulfide) groups is 1. The van der Waals surface area contributed by atoms with Gasteiger partial charge in [-0.25, -0.2) is 0 Å². The monoisotopic (exact) mass is 487 g/mol. The topological polar surface area (TPSA) is 88.4 Å². The number of piperazine rings is 1. The van der Waals surface area contributed by atoms with Gasteiger partial charge in [-0.2, -0.15) is 4.68 Å². The van der Waals surface area contributed by atoms with Crippen LogP contribution in [-0.2, 0) is 4.79 Å². The van der Waals surface area contributed by atoms with Crippen LogP contribution in [0.5, 0.6) is 5.75 Å². The number of likely N-dealkylation sites (N-methyl/N-ethyl adjacent to an activating group) is 1. The summed E-state index contributed by atoms with van der Waals surface area (Å²) in [5, 5.41) is 16.0. The van der Waals surface area contributed by atoms with Crippen molar-refractivity contribution in [2.75, 3.05) is 55.8 Å². The van der Waals surface area contributed by atoms with Crippen molar-refractivity contribution >= 4 is 40.6 Å². The number of hydrogen-bond acceptors (Lipinski definition) is 8. The standard InChI is InChI=1S/C22H26ClN7O2S/c1-3-28-10-12-29(13-11-28)18-9-8-16(23)14-17(18)24-21(31)15-33-22-25-26-27-30(22)19-6-4-5-7-20(19)32-2/h4-9,14H,3,10-13,15H2,1-2H3,(H,24,31). The molecule has 1 saturated heterocycles. The number of halogens is 1. The summed E-state index contributed by atoms with van der Waals surface area (Å²) in [6.45, 7) is 7.01. The Balaban J connectivity index is 1.44. The van der Waals surface area contributed by atoms with Crippen molar-refractivity contribution in [3.8, 4) is 11.4 Å². The summed E-state index contributed by atoms with van der Waals surface area (Å²) in [5.41, 5.74) is 2.39. The number of benzene rings is 2. The number of nitrogens with zero attached hydrogens (tertiary/aromatic N) is 6. The second kappa shape index (κ2) is 10.9. The molecule has 1 N–H and O–H groups in total. The number of carbonyl (C=O) groups is 1. The van der Waals surface area contributed by atoms with E-state index in [0.29, 0.717) is 27.3 Å². The number of amides is 1. The highest BCUT2D eigenvalue weighted by molar-refractivity contribution is 7.99. The number of tetrazole rings is 1. The van der Waals surface area contributed by atoms with Gasteiger partial charge in [0.25, 0.3) is 0 Å². The maximum atomic E-state index is 12.8. The highest BCUT2D eigenvalue weighted by Gasteiger charge is 2.20. The number of para-hydroxylation sites is 2. The van der Waals surface area contributed by atoms with E-state index < -0.39 is 0 Å². The number of carbonyl (C=O) groups excluding carboxylic acids is 1. The van der Waals surface area contributed by atoms with E-state index in [0.717, 1.165) is 38.4 Å². The van der Waals surface area contributed by atoms with Gasteiger partial charge in [0, 0.05) is 31.2 Å². The summed E-state index contributed by atoms with van der Waals surface area (Å²) < 4.78 is 6.96. The van der Waals surface area contributed by atoms with Gasteiger partial charge in [0.2, 0.25) is 11.1 Å². The molecule has 0 bridgehead atoms. The molecule has 4 rings (SSSR count). The van der Waals surface area contributed by atoms with Gasteiger partial charge in [-0.15, -0.1) is 5.10 Å². The summed E-state index contributed by atoms with van der Waals surface area (Å²) in [6.07, 6.45) is 0. The normalized spacial score (nSPS) is 14.3. The Labute approximate surface area is 202 Å². The van der Waals surface area contributed by atoms with Crippen molar-refractivity contribution in [2.45, 2.75) is 12.1 Å². The maximum absolute atomic E-state index is 12.8. The van der Waals surface area contributed by atoms with Crippen LogP contribution in [0.2, 0.25) is 5.02 Å². The van der Waals surface area contributed by atoms with Crippen molar-refractivity contribution in [3.63, 3.8) is 0 Å². The molecule has 1 aromatic heterocycles.